The van der Waals surface area contributed by atoms with Gasteiger partial charge in [-0.05, 0) is 62.8 Å². The molecule has 126 valence electrons. The molecule has 0 aromatic heterocycles. The second-order valence-corrected chi connectivity index (χ2v) is 6.80. The molecule has 1 amide bonds. The van der Waals surface area contributed by atoms with Crippen LogP contribution in [0.5, 0.6) is 5.75 Å². The third-order valence-corrected chi connectivity index (χ3v) is 4.73. The Morgan fingerprint density at radius 1 is 1.26 bits per heavy atom. The van der Waals surface area contributed by atoms with Crippen molar-refractivity contribution >= 4 is 5.91 Å². The first kappa shape index (κ1) is 16.3. The number of rotatable bonds is 4. The van der Waals surface area contributed by atoms with Crippen molar-refractivity contribution in [3.63, 3.8) is 0 Å². The van der Waals surface area contributed by atoms with E-state index in [0.717, 1.165) is 18.6 Å². The lowest BCUT2D eigenvalue weighted by molar-refractivity contribution is -0.150. The van der Waals surface area contributed by atoms with Gasteiger partial charge in [-0.3, -0.25) is 4.79 Å². The van der Waals surface area contributed by atoms with E-state index in [9.17, 15) is 4.79 Å². The van der Waals surface area contributed by atoms with Gasteiger partial charge in [0.2, 0.25) is 0 Å². The Bertz CT molecular complexity index is 562. The van der Waals surface area contributed by atoms with E-state index in [1.165, 1.54) is 17.5 Å². The summed E-state index contributed by atoms with van der Waals surface area (Å²) < 4.78 is 11.8. The van der Waals surface area contributed by atoms with Gasteiger partial charge in [-0.1, -0.05) is 13.0 Å². The van der Waals surface area contributed by atoms with Crippen molar-refractivity contribution in [2.45, 2.75) is 64.8 Å². The molecule has 1 saturated heterocycles. The van der Waals surface area contributed by atoms with E-state index in [1.807, 2.05) is 31.7 Å². The zero-order valence-corrected chi connectivity index (χ0v) is 14.4. The van der Waals surface area contributed by atoms with Crippen LogP contribution in [-0.2, 0) is 22.4 Å². The molecule has 0 N–H and O–H groups in total. The van der Waals surface area contributed by atoms with Gasteiger partial charge in [-0.25, -0.2) is 0 Å². The highest BCUT2D eigenvalue weighted by Crippen LogP contribution is 2.27. The number of carbonyl (C=O) groups is 1. The smallest absolute Gasteiger partial charge is 0.263 e. The fraction of sp³-hybridized carbons (Fsp3) is 0.632. The summed E-state index contributed by atoms with van der Waals surface area (Å²) in [6.07, 6.45) is 3.94. The highest BCUT2D eigenvalue weighted by Gasteiger charge is 2.31. The van der Waals surface area contributed by atoms with Crippen molar-refractivity contribution in [3.05, 3.63) is 29.3 Å². The number of benzene rings is 1. The van der Waals surface area contributed by atoms with Crippen molar-refractivity contribution in [1.29, 1.82) is 0 Å². The lowest BCUT2D eigenvalue weighted by Crippen LogP contribution is -2.52. The molecule has 1 aliphatic heterocycles. The molecule has 3 rings (SSSR count). The van der Waals surface area contributed by atoms with E-state index in [-0.39, 0.29) is 18.1 Å². The van der Waals surface area contributed by atoms with Gasteiger partial charge < -0.3 is 14.4 Å². The van der Waals surface area contributed by atoms with Crippen molar-refractivity contribution in [2.24, 2.45) is 0 Å². The van der Waals surface area contributed by atoms with E-state index < -0.39 is 6.10 Å². The molecular weight excluding hydrogens is 290 g/mol. The minimum absolute atomic E-state index is 0.0787. The summed E-state index contributed by atoms with van der Waals surface area (Å²) in [7, 11) is 0. The van der Waals surface area contributed by atoms with Crippen LogP contribution in [-0.4, -0.2) is 42.2 Å². The fourth-order valence-corrected chi connectivity index (χ4v) is 3.66. The summed E-state index contributed by atoms with van der Waals surface area (Å²) in [5, 5.41) is 0. The number of carbonyl (C=O) groups excluding carboxylic acids is 1. The SMILES string of the molecule is CC[C@@H](Oc1ccc2c(c1)CCC2)C(=O)N1C[C@H](C)O[C@@H](C)C1. The molecule has 1 heterocycles. The van der Waals surface area contributed by atoms with E-state index in [4.69, 9.17) is 9.47 Å². The van der Waals surface area contributed by atoms with Crippen LogP contribution >= 0.6 is 0 Å². The first-order chi connectivity index (χ1) is 11.1. The number of amides is 1. The molecule has 4 heteroatoms. The number of nitrogens with zero attached hydrogens (tertiary/aromatic N) is 1. The lowest BCUT2D eigenvalue weighted by Gasteiger charge is -2.37. The Kier molecular flexibility index (Phi) is 4.90. The second kappa shape index (κ2) is 6.91. The molecule has 3 atom stereocenters. The van der Waals surface area contributed by atoms with Gasteiger partial charge in [0.15, 0.2) is 6.10 Å². The maximum atomic E-state index is 12.8. The van der Waals surface area contributed by atoms with Gasteiger partial charge in [-0.15, -0.1) is 0 Å². The topological polar surface area (TPSA) is 38.8 Å². The maximum Gasteiger partial charge on any atom is 0.263 e. The predicted molar refractivity (Wildman–Crippen MR) is 89.8 cm³/mol. The molecule has 0 radical (unpaired) electrons. The summed E-state index contributed by atoms with van der Waals surface area (Å²) in [4.78, 5) is 14.7. The zero-order valence-electron chi connectivity index (χ0n) is 14.4. The van der Waals surface area contributed by atoms with Crippen molar-refractivity contribution in [2.75, 3.05) is 13.1 Å². The zero-order chi connectivity index (χ0) is 16.4. The van der Waals surface area contributed by atoms with E-state index in [0.29, 0.717) is 19.5 Å². The Labute approximate surface area is 138 Å². The summed E-state index contributed by atoms with van der Waals surface area (Å²) >= 11 is 0. The van der Waals surface area contributed by atoms with Gasteiger partial charge in [0, 0.05) is 13.1 Å². The van der Waals surface area contributed by atoms with E-state index in [2.05, 4.69) is 12.1 Å². The van der Waals surface area contributed by atoms with Crippen molar-refractivity contribution in [1.82, 2.24) is 4.90 Å². The van der Waals surface area contributed by atoms with Crippen LogP contribution < -0.4 is 4.74 Å². The molecule has 1 aromatic rings. The highest BCUT2D eigenvalue weighted by molar-refractivity contribution is 5.81. The number of fused-ring (bicyclic) bond motifs is 1. The normalized spacial score (nSPS) is 25.1. The summed E-state index contributed by atoms with van der Waals surface area (Å²) in [5.41, 5.74) is 2.80. The first-order valence-corrected chi connectivity index (χ1v) is 8.79. The predicted octanol–water partition coefficient (Wildman–Crippen LogP) is 2.97. The molecule has 4 nitrogen and oxygen atoms in total. The summed E-state index contributed by atoms with van der Waals surface area (Å²) in [6.45, 7) is 7.32. The van der Waals surface area contributed by atoms with E-state index in [1.54, 1.807) is 0 Å². The molecule has 0 saturated carbocycles. The maximum absolute atomic E-state index is 12.8. The molecular formula is C19H27NO3. The largest absolute Gasteiger partial charge is 0.481 e. The Morgan fingerprint density at radius 3 is 2.65 bits per heavy atom. The third-order valence-electron chi connectivity index (χ3n) is 4.73. The van der Waals surface area contributed by atoms with Crippen LogP contribution in [0.4, 0.5) is 0 Å². The van der Waals surface area contributed by atoms with Gasteiger partial charge in [0.1, 0.15) is 5.75 Å². The number of aryl methyl sites for hydroxylation is 2. The number of morpholine rings is 1. The van der Waals surface area contributed by atoms with Gasteiger partial charge in [-0.2, -0.15) is 0 Å². The molecule has 0 spiro atoms. The van der Waals surface area contributed by atoms with Crippen LogP contribution in [0.3, 0.4) is 0 Å². The number of hydrogen-bond donors (Lipinski definition) is 0. The Balaban J connectivity index is 1.68. The minimum atomic E-state index is -0.410. The summed E-state index contributed by atoms with van der Waals surface area (Å²) in [6, 6.07) is 6.27. The van der Waals surface area contributed by atoms with Crippen molar-refractivity contribution in [3.8, 4) is 5.75 Å². The Hall–Kier alpha value is -1.55. The molecule has 0 unspecified atom stereocenters. The second-order valence-electron chi connectivity index (χ2n) is 6.80. The van der Waals surface area contributed by atoms with Crippen LogP contribution in [0.1, 0.15) is 44.7 Å². The monoisotopic (exact) mass is 317 g/mol. The molecule has 1 fully saturated rings. The van der Waals surface area contributed by atoms with Crippen LogP contribution in [0.25, 0.3) is 0 Å². The van der Waals surface area contributed by atoms with Gasteiger partial charge in [0.25, 0.3) is 5.91 Å². The average Bonchev–Trinajstić information content (AvgIpc) is 2.98. The number of ether oxygens (including phenoxy) is 2. The third kappa shape index (κ3) is 3.69. The lowest BCUT2D eigenvalue weighted by atomic mass is 10.1. The fourth-order valence-electron chi connectivity index (χ4n) is 3.66. The van der Waals surface area contributed by atoms with Crippen LogP contribution in [0.15, 0.2) is 18.2 Å². The van der Waals surface area contributed by atoms with E-state index >= 15 is 0 Å². The van der Waals surface area contributed by atoms with Gasteiger partial charge in [0.05, 0.1) is 12.2 Å². The first-order valence-electron chi connectivity index (χ1n) is 8.79. The van der Waals surface area contributed by atoms with Crippen LogP contribution in [0, 0.1) is 0 Å². The Morgan fingerprint density at radius 2 is 1.96 bits per heavy atom. The van der Waals surface area contributed by atoms with Crippen molar-refractivity contribution < 1.29 is 14.3 Å². The molecule has 0 bridgehead atoms. The molecule has 1 aliphatic carbocycles. The standard InChI is InChI=1S/C19H27NO3/c1-4-18(19(21)20-11-13(2)22-14(3)12-20)23-17-9-8-15-6-5-7-16(15)10-17/h8-10,13-14,18H,4-7,11-12H2,1-3H3/t13-,14-,18+/m0/s1. The number of hydrogen-bond acceptors (Lipinski definition) is 3. The minimum Gasteiger partial charge on any atom is -0.481 e. The molecule has 1 aromatic carbocycles. The van der Waals surface area contributed by atoms with Gasteiger partial charge >= 0.3 is 0 Å². The van der Waals surface area contributed by atoms with Crippen LogP contribution in [0.2, 0.25) is 0 Å². The average molecular weight is 317 g/mol. The highest BCUT2D eigenvalue weighted by atomic mass is 16.5. The summed E-state index contributed by atoms with van der Waals surface area (Å²) in [5.74, 6) is 0.898. The molecule has 23 heavy (non-hydrogen) atoms. The quantitative estimate of drug-likeness (QED) is 0.857. The molecule has 2 aliphatic rings.